The molecule has 0 aliphatic heterocycles. The lowest BCUT2D eigenvalue weighted by Gasteiger charge is -1.96. The summed E-state index contributed by atoms with van der Waals surface area (Å²) in [5, 5.41) is 12.1. The van der Waals surface area contributed by atoms with Crippen LogP contribution in [0, 0.1) is 0 Å². The lowest BCUT2D eigenvalue weighted by molar-refractivity contribution is 0.482. The molecule has 1 N–H and O–H groups in total. The molecule has 0 bridgehead atoms. The van der Waals surface area contributed by atoms with E-state index >= 15 is 0 Å². The van der Waals surface area contributed by atoms with E-state index in [9.17, 15) is 5.11 Å². The minimum atomic E-state index is 0.348. The van der Waals surface area contributed by atoms with Crippen LogP contribution in [0.3, 0.4) is 0 Å². The fourth-order valence-electron chi connectivity index (χ4n) is 1.77. The van der Waals surface area contributed by atoms with Crippen LogP contribution in [0.1, 0.15) is 0 Å². The first-order valence-corrected chi connectivity index (χ1v) is 6.16. The van der Waals surface area contributed by atoms with Crippen molar-refractivity contribution < 1.29 is 5.11 Å². The molecular weight excluding hydrogens is 272 g/mol. The quantitative estimate of drug-likeness (QED) is 0.641. The Morgan fingerprint density at radius 3 is 2.73 bits per heavy atom. The Bertz CT molecular complexity index is 657. The molecule has 3 heteroatoms. The molecule has 1 nitrogen and oxygen atoms in total. The normalized spacial score (nSPS) is 11.3. The zero-order chi connectivity index (χ0) is 10.4. The highest BCUT2D eigenvalue weighted by molar-refractivity contribution is 9.10. The summed E-state index contributed by atoms with van der Waals surface area (Å²) in [6, 6.07) is 12.0. The number of rotatable bonds is 0. The predicted octanol–water partition coefficient (Wildman–Crippen LogP) is 4.52. The molecule has 0 spiro atoms. The maximum absolute atomic E-state index is 9.83. The Morgan fingerprint density at radius 2 is 1.87 bits per heavy atom. The standard InChI is InChI=1S/C12H7BrOS/c13-7-5-9-8-3-1-2-4-11(8)15-12(9)10(14)6-7/h1-6,14H. The molecule has 2 aromatic carbocycles. The number of hydrogen-bond acceptors (Lipinski definition) is 2. The fourth-order valence-corrected chi connectivity index (χ4v) is 3.32. The minimum Gasteiger partial charge on any atom is -0.506 e. The van der Waals surface area contributed by atoms with Crippen molar-refractivity contribution in [2.75, 3.05) is 0 Å². The number of aromatic hydroxyl groups is 1. The van der Waals surface area contributed by atoms with Gasteiger partial charge in [-0.15, -0.1) is 11.3 Å². The number of phenolic OH excluding ortho intramolecular Hbond substituents is 1. The van der Waals surface area contributed by atoms with Gasteiger partial charge in [0, 0.05) is 19.9 Å². The molecule has 0 fully saturated rings. The third-order valence-corrected chi connectivity index (χ3v) is 4.09. The Hall–Kier alpha value is -1.06. The van der Waals surface area contributed by atoms with Crippen molar-refractivity contribution in [3.05, 3.63) is 40.9 Å². The smallest absolute Gasteiger partial charge is 0.134 e. The second-order valence-electron chi connectivity index (χ2n) is 3.40. The van der Waals surface area contributed by atoms with Crippen LogP contribution in [0.25, 0.3) is 20.2 Å². The lowest BCUT2D eigenvalue weighted by atomic mass is 10.1. The van der Waals surface area contributed by atoms with Crippen LogP contribution in [0.2, 0.25) is 0 Å². The van der Waals surface area contributed by atoms with Crippen LogP contribution in [0.15, 0.2) is 40.9 Å². The highest BCUT2D eigenvalue weighted by Gasteiger charge is 2.08. The minimum absolute atomic E-state index is 0.348. The Labute approximate surface area is 99.1 Å². The van der Waals surface area contributed by atoms with Crippen molar-refractivity contribution in [3.63, 3.8) is 0 Å². The number of phenols is 1. The van der Waals surface area contributed by atoms with E-state index in [0.717, 1.165) is 14.6 Å². The molecule has 74 valence electrons. The van der Waals surface area contributed by atoms with E-state index in [-0.39, 0.29) is 0 Å². The van der Waals surface area contributed by atoms with Crippen LogP contribution in [-0.4, -0.2) is 5.11 Å². The van der Waals surface area contributed by atoms with Gasteiger partial charge in [0.25, 0.3) is 0 Å². The Balaban J connectivity index is 2.61. The summed E-state index contributed by atoms with van der Waals surface area (Å²) in [6.45, 7) is 0. The molecule has 15 heavy (non-hydrogen) atoms. The molecular formula is C12H7BrOS. The second-order valence-corrected chi connectivity index (χ2v) is 5.37. The van der Waals surface area contributed by atoms with E-state index in [0.29, 0.717) is 5.75 Å². The number of halogens is 1. The summed E-state index contributed by atoms with van der Waals surface area (Å²) in [7, 11) is 0. The van der Waals surface area contributed by atoms with Crippen LogP contribution in [0.4, 0.5) is 0 Å². The van der Waals surface area contributed by atoms with E-state index in [2.05, 4.69) is 28.1 Å². The first-order chi connectivity index (χ1) is 7.25. The van der Waals surface area contributed by atoms with Gasteiger partial charge < -0.3 is 5.11 Å². The fraction of sp³-hybridized carbons (Fsp3) is 0. The second kappa shape index (κ2) is 3.22. The van der Waals surface area contributed by atoms with Gasteiger partial charge in [-0.3, -0.25) is 0 Å². The van der Waals surface area contributed by atoms with Gasteiger partial charge in [-0.1, -0.05) is 34.1 Å². The van der Waals surface area contributed by atoms with Crippen molar-refractivity contribution in [1.29, 1.82) is 0 Å². The summed E-state index contributed by atoms with van der Waals surface area (Å²) in [6.07, 6.45) is 0. The highest BCUT2D eigenvalue weighted by atomic mass is 79.9. The van der Waals surface area contributed by atoms with Gasteiger partial charge in [0.15, 0.2) is 0 Å². The summed E-state index contributed by atoms with van der Waals surface area (Å²) in [4.78, 5) is 0. The number of hydrogen-bond donors (Lipinski definition) is 1. The number of fused-ring (bicyclic) bond motifs is 3. The van der Waals surface area contributed by atoms with E-state index in [1.807, 2.05) is 18.2 Å². The monoisotopic (exact) mass is 278 g/mol. The van der Waals surface area contributed by atoms with Crippen LogP contribution >= 0.6 is 27.3 Å². The van der Waals surface area contributed by atoms with E-state index in [1.54, 1.807) is 17.4 Å². The van der Waals surface area contributed by atoms with Gasteiger partial charge in [0.1, 0.15) is 5.75 Å². The topological polar surface area (TPSA) is 20.2 Å². The summed E-state index contributed by atoms with van der Waals surface area (Å²) in [5.74, 6) is 0.348. The Kier molecular flexibility index (Phi) is 1.97. The van der Waals surface area contributed by atoms with E-state index < -0.39 is 0 Å². The summed E-state index contributed by atoms with van der Waals surface area (Å²) < 4.78 is 3.08. The first kappa shape index (κ1) is 9.19. The molecule has 3 aromatic rings. The average Bonchev–Trinajstić information content (AvgIpc) is 2.57. The number of thiophene rings is 1. The molecule has 0 saturated heterocycles. The van der Waals surface area contributed by atoms with E-state index in [1.165, 1.54) is 10.1 Å². The van der Waals surface area contributed by atoms with Crippen molar-refractivity contribution in [3.8, 4) is 5.75 Å². The third-order valence-electron chi connectivity index (χ3n) is 2.42. The number of benzene rings is 2. The summed E-state index contributed by atoms with van der Waals surface area (Å²) in [5.41, 5.74) is 0. The SMILES string of the molecule is Oc1cc(Br)cc2c1sc1ccccc12. The van der Waals surface area contributed by atoms with Crippen LogP contribution < -0.4 is 0 Å². The maximum Gasteiger partial charge on any atom is 0.134 e. The Morgan fingerprint density at radius 1 is 1.07 bits per heavy atom. The third kappa shape index (κ3) is 1.34. The molecule has 0 aliphatic carbocycles. The summed E-state index contributed by atoms with van der Waals surface area (Å²) >= 11 is 5.02. The maximum atomic E-state index is 9.83. The van der Waals surface area contributed by atoms with Crippen molar-refractivity contribution in [2.45, 2.75) is 0 Å². The van der Waals surface area contributed by atoms with Gasteiger partial charge in [0.05, 0.1) is 4.70 Å². The molecule has 0 radical (unpaired) electrons. The van der Waals surface area contributed by atoms with Gasteiger partial charge >= 0.3 is 0 Å². The molecule has 0 amide bonds. The zero-order valence-corrected chi connectivity index (χ0v) is 10.1. The predicted molar refractivity (Wildman–Crippen MR) is 68.7 cm³/mol. The van der Waals surface area contributed by atoms with Crippen LogP contribution in [-0.2, 0) is 0 Å². The molecule has 0 aliphatic rings. The van der Waals surface area contributed by atoms with Gasteiger partial charge in [-0.05, 0) is 18.2 Å². The molecule has 0 atom stereocenters. The largest absolute Gasteiger partial charge is 0.506 e. The molecule has 0 unspecified atom stereocenters. The first-order valence-electron chi connectivity index (χ1n) is 4.55. The van der Waals surface area contributed by atoms with Crippen molar-refractivity contribution in [1.82, 2.24) is 0 Å². The molecule has 3 rings (SSSR count). The highest BCUT2D eigenvalue weighted by Crippen LogP contribution is 2.40. The van der Waals surface area contributed by atoms with Crippen LogP contribution in [0.5, 0.6) is 5.75 Å². The van der Waals surface area contributed by atoms with Gasteiger partial charge in [-0.25, -0.2) is 0 Å². The lowest BCUT2D eigenvalue weighted by Crippen LogP contribution is -1.69. The molecule has 0 saturated carbocycles. The van der Waals surface area contributed by atoms with E-state index in [4.69, 9.17) is 0 Å². The zero-order valence-electron chi connectivity index (χ0n) is 7.70. The molecule has 1 heterocycles. The van der Waals surface area contributed by atoms with Gasteiger partial charge in [0.2, 0.25) is 0 Å². The van der Waals surface area contributed by atoms with Crippen molar-refractivity contribution >= 4 is 47.4 Å². The van der Waals surface area contributed by atoms with Gasteiger partial charge in [-0.2, -0.15) is 0 Å². The molecule has 1 aromatic heterocycles. The average molecular weight is 279 g/mol. The van der Waals surface area contributed by atoms with Crippen molar-refractivity contribution in [2.24, 2.45) is 0 Å².